The zero-order chi connectivity index (χ0) is 19.1. The first kappa shape index (κ1) is 18.3. The van der Waals surface area contributed by atoms with Crippen LogP contribution in [0.4, 0.5) is 0 Å². The van der Waals surface area contributed by atoms with Crippen LogP contribution in [0, 0.1) is 0 Å². The molecular formula is C22H26N2O2S. The van der Waals surface area contributed by atoms with E-state index >= 15 is 0 Å². The first-order valence-corrected chi connectivity index (χ1v) is 11.0. The number of benzene rings is 2. The van der Waals surface area contributed by atoms with Crippen LogP contribution in [0.25, 0.3) is 5.57 Å². The van der Waals surface area contributed by atoms with Crippen molar-refractivity contribution >= 4 is 21.2 Å². The molecule has 5 heteroatoms. The van der Waals surface area contributed by atoms with E-state index in [1.54, 1.807) is 18.4 Å². The molecule has 0 aromatic heterocycles. The molecule has 0 aliphatic carbocycles. The summed E-state index contributed by atoms with van der Waals surface area (Å²) >= 11 is 0. The Labute approximate surface area is 162 Å². The Morgan fingerprint density at radius 3 is 2.48 bits per heavy atom. The summed E-state index contributed by atoms with van der Waals surface area (Å²) in [6, 6.07) is 16.2. The molecule has 4 rings (SSSR count). The summed E-state index contributed by atoms with van der Waals surface area (Å²) in [4.78, 5) is 0.720. The fourth-order valence-corrected chi connectivity index (χ4v) is 4.76. The number of nitrogens with one attached hydrogen (secondary N) is 1. The molecule has 142 valence electrons. The molecule has 1 fully saturated rings. The number of fused-ring (bicyclic) bond motifs is 1. The highest BCUT2D eigenvalue weighted by molar-refractivity contribution is 7.98. The summed E-state index contributed by atoms with van der Waals surface area (Å²) in [6.45, 7) is 1.89. The lowest BCUT2D eigenvalue weighted by atomic mass is 9.83. The maximum atomic E-state index is 13.1. The topological polar surface area (TPSA) is 41.6 Å². The van der Waals surface area contributed by atoms with Gasteiger partial charge in [0.25, 0.3) is 0 Å². The van der Waals surface area contributed by atoms with Gasteiger partial charge in [0.15, 0.2) is 0 Å². The number of nitrogens with zero attached hydrogens (tertiary/aromatic N) is 1. The maximum Gasteiger partial charge on any atom is 0.130 e. The van der Waals surface area contributed by atoms with Gasteiger partial charge in [-0.05, 0) is 68.5 Å². The van der Waals surface area contributed by atoms with Crippen molar-refractivity contribution in [3.63, 3.8) is 0 Å². The Morgan fingerprint density at radius 2 is 1.81 bits per heavy atom. The molecule has 0 radical (unpaired) electrons. The first-order chi connectivity index (χ1) is 12.9. The van der Waals surface area contributed by atoms with Crippen molar-refractivity contribution in [2.75, 3.05) is 27.2 Å². The number of piperidine rings is 1. The Bertz CT molecular complexity index is 973. The van der Waals surface area contributed by atoms with Gasteiger partial charge in [-0.3, -0.25) is 0 Å². The second-order valence-electron chi connectivity index (χ2n) is 7.45. The Kier molecular flexibility index (Phi) is 4.62. The fourth-order valence-electron chi connectivity index (χ4n) is 3.76. The van der Waals surface area contributed by atoms with E-state index in [9.17, 15) is 4.21 Å². The third kappa shape index (κ3) is 3.31. The highest BCUT2D eigenvalue weighted by atomic mass is 32.2. The van der Waals surface area contributed by atoms with Gasteiger partial charge in [-0.2, -0.15) is 0 Å². The molecule has 1 spiro atoms. The molecule has 2 aromatic carbocycles. The van der Waals surface area contributed by atoms with Crippen molar-refractivity contribution in [3.05, 3.63) is 65.7 Å². The zero-order valence-electron chi connectivity index (χ0n) is 15.9. The monoisotopic (exact) mass is 382 g/mol. The van der Waals surface area contributed by atoms with Crippen LogP contribution in [-0.4, -0.2) is 47.2 Å². The standard InChI is InChI=1S/C22H26N2O2S/c1-24(2)27(3,25)18-9-10-21-19(15-18)20(17-7-5-4-6-8-17)16-22(26-21)11-13-23-14-12-22/h4-10,15-16,23H,3,11-14H2,1-2H3. The van der Waals surface area contributed by atoms with Crippen molar-refractivity contribution in [2.24, 2.45) is 0 Å². The van der Waals surface area contributed by atoms with Gasteiger partial charge in [-0.15, -0.1) is 0 Å². The summed E-state index contributed by atoms with van der Waals surface area (Å²) < 4.78 is 21.2. The van der Waals surface area contributed by atoms with Gasteiger partial charge in [0.2, 0.25) is 0 Å². The molecule has 27 heavy (non-hydrogen) atoms. The van der Waals surface area contributed by atoms with E-state index in [2.05, 4.69) is 41.5 Å². The molecule has 0 amide bonds. The molecule has 4 nitrogen and oxygen atoms in total. The molecule has 1 unspecified atom stereocenters. The second kappa shape index (κ2) is 6.82. The van der Waals surface area contributed by atoms with Crippen LogP contribution in [0.15, 0.2) is 59.5 Å². The third-order valence-electron chi connectivity index (χ3n) is 5.45. The van der Waals surface area contributed by atoms with Gasteiger partial charge in [0, 0.05) is 23.3 Å². The predicted octanol–water partition coefficient (Wildman–Crippen LogP) is 3.18. The minimum Gasteiger partial charge on any atom is -0.482 e. The molecule has 1 saturated heterocycles. The summed E-state index contributed by atoms with van der Waals surface area (Å²) in [6.07, 6.45) is 4.15. The van der Waals surface area contributed by atoms with Crippen molar-refractivity contribution in [1.29, 1.82) is 0 Å². The molecule has 2 aliphatic rings. The molecule has 2 aliphatic heterocycles. The highest BCUT2D eigenvalue weighted by Crippen LogP contribution is 2.43. The molecule has 0 saturated carbocycles. The molecule has 0 bridgehead atoms. The smallest absolute Gasteiger partial charge is 0.130 e. The number of hydrogen-bond acceptors (Lipinski definition) is 3. The fraction of sp³-hybridized carbons (Fsp3) is 0.318. The van der Waals surface area contributed by atoms with Crippen LogP contribution < -0.4 is 10.1 Å². The van der Waals surface area contributed by atoms with Gasteiger partial charge in [-0.25, -0.2) is 8.51 Å². The lowest BCUT2D eigenvalue weighted by Gasteiger charge is -2.40. The Morgan fingerprint density at radius 1 is 1.11 bits per heavy atom. The lowest BCUT2D eigenvalue weighted by Crippen LogP contribution is -2.46. The van der Waals surface area contributed by atoms with Crippen LogP contribution in [0.1, 0.15) is 24.0 Å². The molecule has 1 atom stereocenters. The van der Waals surface area contributed by atoms with Crippen molar-refractivity contribution < 1.29 is 8.95 Å². The summed E-state index contributed by atoms with van der Waals surface area (Å²) in [5.41, 5.74) is 3.01. The van der Waals surface area contributed by atoms with E-state index in [0.717, 1.165) is 53.3 Å². The largest absolute Gasteiger partial charge is 0.482 e. The molecule has 2 heterocycles. The average Bonchev–Trinajstić information content (AvgIpc) is 2.68. The minimum absolute atomic E-state index is 0.279. The van der Waals surface area contributed by atoms with Crippen LogP contribution in [-0.2, 0) is 9.71 Å². The second-order valence-corrected chi connectivity index (χ2v) is 9.93. The van der Waals surface area contributed by atoms with Crippen LogP contribution >= 0.6 is 0 Å². The molecular weight excluding hydrogens is 356 g/mol. The Balaban J connectivity index is 1.88. The summed E-state index contributed by atoms with van der Waals surface area (Å²) in [7, 11) is 1.08. The highest BCUT2D eigenvalue weighted by Gasteiger charge is 2.37. The molecule has 2 aromatic rings. The number of ether oxygens (including phenoxy) is 1. The molecule has 1 N–H and O–H groups in total. The van der Waals surface area contributed by atoms with E-state index in [-0.39, 0.29) is 5.60 Å². The average molecular weight is 383 g/mol. The number of rotatable bonds is 3. The van der Waals surface area contributed by atoms with Gasteiger partial charge in [0.1, 0.15) is 11.4 Å². The van der Waals surface area contributed by atoms with E-state index in [1.807, 2.05) is 24.3 Å². The van der Waals surface area contributed by atoms with Crippen molar-refractivity contribution in [1.82, 2.24) is 9.62 Å². The van der Waals surface area contributed by atoms with Gasteiger partial charge < -0.3 is 10.1 Å². The third-order valence-corrected chi connectivity index (χ3v) is 7.62. The minimum atomic E-state index is -2.51. The Hall–Kier alpha value is -2.08. The summed E-state index contributed by atoms with van der Waals surface area (Å²) in [5.74, 6) is 4.81. The van der Waals surface area contributed by atoms with E-state index in [4.69, 9.17) is 4.74 Å². The van der Waals surface area contributed by atoms with Gasteiger partial charge in [-0.1, -0.05) is 30.3 Å². The van der Waals surface area contributed by atoms with Crippen LogP contribution in [0.3, 0.4) is 0 Å². The van der Waals surface area contributed by atoms with E-state index in [0.29, 0.717) is 0 Å². The van der Waals surface area contributed by atoms with Crippen molar-refractivity contribution in [2.45, 2.75) is 23.3 Å². The first-order valence-electron chi connectivity index (χ1n) is 9.28. The van der Waals surface area contributed by atoms with Gasteiger partial charge >= 0.3 is 0 Å². The predicted molar refractivity (Wildman–Crippen MR) is 113 cm³/mol. The maximum absolute atomic E-state index is 13.1. The SMILES string of the molecule is C=S(=O)(c1ccc2c(c1)C(c1ccccc1)=CC1(CCNCC1)O2)N(C)C. The van der Waals surface area contributed by atoms with E-state index < -0.39 is 9.71 Å². The quantitative estimate of drug-likeness (QED) is 0.829. The van der Waals surface area contributed by atoms with Crippen molar-refractivity contribution in [3.8, 4) is 5.75 Å². The lowest BCUT2D eigenvalue weighted by molar-refractivity contribution is 0.0816. The zero-order valence-corrected chi connectivity index (χ0v) is 16.7. The summed E-state index contributed by atoms with van der Waals surface area (Å²) in [5, 5.41) is 3.42. The van der Waals surface area contributed by atoms with E-state index in [1.165, 1.54) is 0 Å². The number of hydrogen-bond donors (Lipinski definition) is 1. The van der Waals surface area contributed by atoms with Crippen LogP contribution in [0.2, 0.25) is 0 Å². The van der Waals surface area contributed by atoms with Crippen LogP contribution in [0.5, 0.6) is 5.75 Å². The normalized spacial score (nSPS) is 20.5. The van der Waals surface area contributed by atoms with Gasteiger partial charge in [0.05, 0.1) is 9.71 Å².